The van der Waals surface area contributed by atoms with E-state index in [1.807, 2.05) is 30.5 Å². The third kappa shape index (κ3) is 4.07. The molecule has 32 heavy (non-hydrogen) atoms. The summed E-state index contributed by atoms with van der Waals surface area (Å²) < 4.78 is 0. The van der Waals surface area contributed by atoms with E-state index in [1.54, 1.807) is 24.5 Å². The van der Waals surface area contributed by atoms with E-state index in [-0.39, 0.29) is 28.4 Å². The maximum Gasteiger partial charge on any atom is 0.259 e. The van der Waals surface area contributed by atoms with Crippen molar-refractivity contribution in [2.45, 2.75) is 25.8 Å². The predicted molar refractivity (Wildman–Crippen MR) is 124 cm³/mol. The summed E-state index contributed by atoms with van der Waals surface area (Å²) in [5.74, 6) is 0.343. The van der Waals surface area contributed by atoms with Crippen LogP contribution in [0.3, 0.4) is 0 Å². The summed E-state index contributed by atoms with van der Waals surface area (Å²) >= 11 is 0. The van der Waals surface area contributed by atoms with E-state index in [2.05, 4.69) is 50.8 Å². The molecule has 1 aliphatic heterocycles. The van der Waals surface area contributed by atoms with Crippen molar-refractivity contribution in [2.75, 3.05) is 22.5 Å². The summed E-state index contributed by atoms with van der Waals surface area (Å²) in [6.07, 6.45) is 5.32. The number of hydrogen-bond acceptors (Lipinski definition) is 5. The molecule has 5 rings (SSSR count). The van der Waals surface area contributed by atoms with Gasteiger partial charge < -0.3 is 20.9 Å². The minimum atomic E-state index is -0.200. The number of pyridine rings is 2. The molecule has 164 valence electrons. The molecule has 1 aliphatic rings. The molecule has 4 aromatic rings. The standard InChI is InChI=1S/C24H24N6O.Fe/c1-24(2)14-29-20-12-16(5-6-19(20)24)30-23(31)18-4-3-9-25-22(18)28-13-15-7-10-26-21-17(15)8-11-27-21;/h3-12,29H,13-14H2,1-2H3,(H,25,28)(H,26,27)(H,30,31);. The SMILES string of the molecule is CC1(C)CNc2cc(NC(=O)c3cccnc3NCc3ccnc4[nH]ccc34)ccc21.[Fe]. The smallest absolute Gasteiger partial charge is 0.259 e. The number of fused-ring (bicyclic) bond motifs is 2. The Balaban J connectivity index is 0.00000245. The van der Waals surface area contributed by atoms with Gasteiger partial charge in [0, 0.05) is 70.9 Å². The number of hydrogen-bond donors (Lipinski definition) is 4. The Morgan fingerprint density at radius 2 is 2.00 bits per heavy atom. The van der Waals surface area contributed by atoms with Crippen LogP contribution < -0.4 is 16.0 Å². The zero-order valence-electron chi connectivity index (χ0n) is 17.8. The number of nitrogens with one attached hydrogen (secondary N) is 4. The van der Waals surface area contributed by atoms with Crippen LogP contribution in [-0.4, -0.2) is 27.4 Å². The van der Waals surface area contributed by atoms with Crippen LogP contribution in [0.4, 0.5) is 17.2 Å². The summed E-state index contributed by atoms with van der Waals surface area (Å²) in [6, 6.07) is 13.5. The first-order valence-corrected chi connectivity index (χ1v) is 10.3. The molecule has 7 nitrogen and oxygen atoms in total. The van der Waals surface area contributed by atoms with Crippen molar-refractivity contribution in [3.8, 4) is 0 Å². The fraction of sp³-hybridized carbons (Fsp3) is 0.208. The van der Waals surface area contributed by atoms with Crippen molar-refractivity contribution in [3.63, 3.8) is 0 Å². The van der Waals surface area contributed by atoms with E-state index < -0.39 is 0 Å². The number of carbonyl (C=O) groups is 1. The first-order valence-electron chi connectivity index (χ1n) is 10.3. The van der Waals surface area contributed by atoms with Gasteiger partial charge in [-0.2, -0.15) is 0 Å². The third-order valence-corrected chi connectivity index (χ3v) is 5.78. The molecule has 1 aromatic carbocycles. The van der Waals surface area contributed by atoms with Gasteiger partial charge in [-0.3, -0.25) is 4.79 Å². The molecule has 0 saturated carbocycles. The summed E-state index contributed by atoms with van der Waals surface area (Å²) in [4.78, 5) is 24.8. The van der Waals surface area contributed by atoms with E-state index in [9.17, 15) is 4.79 Å². The zero-order valence-corrected chi connectivity index (χ0v) is 18.9. The van der Waals surface area contributed by atoms with E-state index in [1.165, 1.54) is 5.56 Å². The Morgan fingerprint density at radius 3 is 2.88 bits per heavy atom. The summed E-state index contributed by atoms with van der Waals surface area (Å²) in [5.41, 5.74) is 5.60. The molecule has 0 fully saturated rings. The quantitative estimate of drug-likeness (QED) is 0.323. The van der Waals surface area contributed by atoms with Crippen molar-refractivity contribution in [1.82, 2.24) is 15.0 Å². The van der Waals surface area contributed by atoms with Crippen LogP contribution in [0.1, 0.15) is 35.3 Å². The molecule has 8 heteroatoms. The Hall–Kier alpha value is -3.35. The van der Waals surface area contributed by atoms with Gasteiger partial charge >= 0.3 is 0 Å². The molecule has 0 unspecified atom stereocenters. The summed E-state index contributed by atoms with van der Waals surface area (Å²) in [5, 5.41) is 10.8. The average Bonchev–Trinajstić information content (AvgIpc) is 3.37. The average molecular weight is 468 g/mol. The third-order valence-electron chi connectivity index (χ3n) is 5.78. The van der Waals surface area contributed by atoms with Crippen molar-refractivity contribution < 1.29 is 21.9 Å². The van der Waals surface area contributed by atoms with Crippen molar-refractivity contribution in [3.05, 3.63) is 77.7 Å². The maximum atomic E-state index is 13.0. The second kappa shape index (κ2) is 8.65. The molecule has 0 bridgehead atoms. The van der Waals surface area contributed by atoms with E-state index in [0.717, 1.165) is 34.5 Å². The fourth-order valence-corrected chi connectivity index (χ4v) is 4.05. The monoisotopic (exact) mass is 468 g/mol. The van der Waals surface area contributed by atoms with Crippen molar-refractivity contribution in [2.24, 2.45) is 0 Å². The molecule has 0 atom stereocenters. The van der Waals surface area contributed by atoms with Crippen LogP contribution in [0.25, 0.3) is 11.0 Å². The number of carbonyl (C=O) groups excluding carboxylic acids is 1. The van der Waals surface area contributed by atoms with Gasteiger partial charge in [0.05, 0.1) is 5.56 Å². The van der Waals surface area contributed by atoms with E-state index in [4.69, 9.17) is 0 Å². The van der Waals surface area contributed by atoms with Gasteiger partial charge in [0.1, 0.15) is 11.5 Å². The normalized spacial score (nSPS) is 13.7. The van der Waals surface area contributed by atoms with Gasteiger partial charge in [-0.05, 0) is 47.5 Å². The number of aromatic nitrogens is 3. The molecule has 0 saturated heterocycles. The zero-order chi connectivity index (χ0) is 21.4. The summed E-state index contributed by atoms with van der Waals surface area (Å²) in [7, 11) is 0. The van der Waals surface area contributed by atoms with Crippen LogP contribution in [0, 0.1) is 0 Å². The molecule has 1 amide bonds. The largest absolute Gasteiger partial charge is 0.384 e. The second-order valence-electron chi connectivity index (χ2n) is 8.42. The number of rotatable bonds is 5. The molecule has 0 spiro atoms. The van der Waals surface area contributed by atoms with Gasteiger partial charge in [-0.15, -0.1) is 0 Å². The van der Waals surface area contributed by atoms with E-state index >= 15 is 0 Å². The van der Waals surface area contributed by atoms with Gasteiger partial charge in [-0.1, -0.05) is 19.9 Å². The Bertz CT molecular complexity index is 1280. The van der Waals surface area contributed by atoms with Crippen LogP contribution in [-0.2, 0) is 29.0 Å². The molecular formula is C24H24FeN6O. The Morgan fingerprint density at radius 1 is 1.12 bits per heavy atom. The first-order chi connectivity index (χ1) is 15.0. The molecule has 0 radical (unpaired) electrons. The number of nitrogens with zero attached hydrogens (tertiary/aromatic N) is 2. The second-order valence-corrected chi connectivity index (χ2v) is 8.42. The van der Waals surface area contributed by atoms with Crippen LogP contribution in [0.2, 0.25) is 0 Å². The van der Waals surface area contributed by atoms with Crippen molar-refractivity contribution >= 4 is 34.1 Å². The summed E-state index contributed by atoms with van der Waals surface area (Å²) in [6.45, 7) is 5.84. The Labute approximate surface area is 196 Å². The number of benzene rings is 1. The molecule has 0 aliphatic carbocycles. The molecule has 4 heterocycles. The number of H-pyrrole nitrogens is 1. The fourth-order valence-electron chi connectivity index (χ4n) is 4.05. The Kier molecular flexibility index (Phi) is 5.91. The van der Waals surface area contributed by atoms with E-state index in [0.29, 0.717) is 17.9 Å². The topological polar surface area (TPSA) is 94.7 Å². The number of amides is 1. The molecular weight excluding hydrogens is 444 g/mol. The number of anilines is 3. The molecule has 3 aromatic heterocycles. The maximum absolute atomic E-state index is 13.0. The van der Waals surface area contributed by atoms with Gasteiger partial charge in [0.15, 0.2) is 0 Å². The van der Waals surface area contributed by atoms with Crippen LogP contribution in [0.15, 0.2) is 61.1 Å². The first kappa shape index (κ1) is 21.9. The number of aromatic amines is 1. The van der Waals surface area contributed by atoms with Gasteiger partial charge in [0.25, 0.3) is 5.91 Å². The van der Waals surface area contributed by atoms with Gasteiger partial charge in [-0.25, -0.2) is 9.97 Å². The predicted octanol–water partition coefficient (Wildman–Crippen LogP) is 4.52. The minimum Gasteiger partial charge on any atom is -0.384 e. The van der Waals surface area contributed by atoms with Crippen LogP contribution >= 0.6 is 0 Å². The van der Waals surface area contributed by atoms with Gasteiger partial charge in [0.2, 0.25) is 0 Å². The minimum absolute atomic E-state index is 0. The molecule has 4 N–H and O–H groups in total. The van der Waals surface area contributed by atoms with Crippen molar-refractivity contribution in [1.29, 1.82) is 0 Å². The van der Waals surface area contributed by atoms with Crippen LogP contribution in [0.5, 0.6) is 0 Å².